The molecule has 3 aromatic rings. The van der Waals surface area contributed by atoms with Crippen LogP contribution >= 0.6 is 11.3 Å². The number of nitrogens with one attached hydrogen (secondary N) is 1. The Labute approximate surface area is 180 Å². The van der Waals surface area contributed by atoms with Gasteiger partial charge in [0.25, 0.3) is 0 Å². The SMILES string of the molecule is Cc1ccc(N2C(=O)CCC(C(=O)NC(C)c3ccc(C)o3)C2c2cccs2)cc1. The number of anilines is 1. The van der Waals surface area contributed by atoms with Crippen LogP contribution in [0.2, 0.25) is 0 Å². The minimum Gasteiger partial charge on any atom is -0.464 e. The number of nitrogens with zero attached hydrogens (tertiary/aromatic N) is 1. The maximum Gasteiger partial charge on any atom is 0.227 e. The highest BCUT2D eigenvalue weighted by Gasteiger charge is 2.42. The Balaban J connectivity index is 1.65. The zero-order chi connectivity index (χ0) is 21.3. The molecule has 156 valence electrons. The normalized spacial score (nSPS) is 20.2. The van der Waals surface area contributed by atoms with Crippen LogP contribution < -0.4 is 10.2 Å². The summed E-state index contributed by atoms with van der Waals surface area (Å²) in [5.41, 5.74) is 1.96. The van der Waals surface area contributed by atoms with Crippen molar-refractivity contribution in [2.45, 2.75) is 45.7 Å². The number of amides is 2. The Morgan fingerprint density at radius 3 is 2.57 bits per heavy atom. The van der Waals surface area contributed by atoms with Crippen LogP contribution in [-0.4, -0.2) is 11.8 Å². The Bertz CT molecular complexity index is 1020. The number of furan rings is 1. The van der Waals surface area contributed by atoms with E-state index in [0.717, 1.165) is 27.6 Å². The summed E-state index contributed by atoms with van der Waals surface area (Å²) in [6, 6.07) is 15.1. The number of rotatable bonds is 5. The molecule has 1 aliphatic rings. The molecule has 1 aliphatic heterocycles. The highest BCUT2D eigenvalue weighted by molar-refractivity contribution is 7.10. The Morgan fingerprint density at radius 1 is 1.17 bits per heavy atom. The van der Waals surface area contributed by atoms with E-state index in [0.29, 0.717) is 12.8 Å². The van der Waals surface area contributed by atoms with Gasteiger partial charge in [-0.2, -0.15) is 0 Å². The fourth-order valence-corrected chi connectivity index (χ4v) is 4.92. The van der Waals surface area contributed by atoms with Gasteiger partial charge in [0.1, 0.15) is 11.5 Å². The van der Waals surface area contributed by atoms with Gasteiger partial charge in [-0.15, -0.1) is 11.3 Å². The van der Waals surface area contributed by atoms with Gasteiger partial charge in [0.15, 0.2) is 0 Å². The minimum absolute atomic E-state index is 0.0519. The van der Waals surface area contributed by atoms with E-state index in [1.165, 1.54) is 0 Å². The van der Waals surface area contributed by atoms with E-state index in [1.54, 1.807) is 16.2 Å². The van der Waals surface area contributed by atoms with Crippen molar-refractivity contribution in [3.05, 3.63) is 75.9 Å². The zero-order valence-electron chi connectivity index (χ0n) is 17.4. The molecular weight excluding hydrogens is 396 g/mol. The molecule has 3 heterocycles. The Kier molecular flexibility index (Phi) is 5.77. The van der Waals surface area contributed by atoms with E-state index in [1.807, 2.05) is 74.7 Å². The second-order valence-corrected chi connectivity index (χ2v) is 8.86. The van der Waals surface area contributed by atoms with Crippen molar-refractivity contribution in [1.82, 2.24) is 5.32 Å². The van der Waals surface area contributed by atoms with Crippen molar-refractivity contribution < 1.29 is 14.0 Å². The first-order chi connectivity index (χ1) is 14.4. The molecule has 0 radical (unpaired) electrons. The summed E-state index contributed by atoms with van der Waals surface area (Å²) in [7, 11) is 0. The molecule has 1 saturated heterocycles. The molecule has 0 spiro atoms. The lowest BCUT2D eigenvalue weighted by molar-refractivity contribution is -0.129. The number of carbonyl (C=O) groups is 2. The third-order valence-electron chi connectivity index (χ3n) is 5.63. The number of hydrogen-bond donors (Lipinski definition) is 1. The largest absolute Gasteiger partial charge is 0.464 e. The molecule has 2 aromatic heterocycles. The molecule has 1 aromatic carbocycles. The molecule has 2 amide bonds. The lowest BCUT2D eigenvalue weighted by atomic mass is 9.86. The van der Waals surface area contributed by atoms with Crippen LogP contribution in [0.5, 0.6) is 0 Å². The lowest BCUT2D eigenvalue weighted by Crippen LogP contribution is -2.48. The van der Waals surface area contributed by atoms with Crippen LogP contribution in [0.15, 0.2) is 58.3 Å². The van der Waals surface area contributed by atoms with Crippen LogP contribution in [-0.2, 0) is 9.59 Å². The number of benzene rings is 1. The summed E-state index contributed by atoms with van der Waals surface area (Å²) < 4.78 is 5.67. The number of thiophene rings is 1. The fraction of sp³-hybridized carbons (Fsp3) is 0.333. The zero-order valence-corrected chi connectivity index (χ0v) is 18.2. The maximum atomic E-state index is 13.3. The van der Waals surface area contributed by atoms with Gasteiger partial charge in [-0.25, -0.2) is 0 Å². The van der Waals surface area contributed by atoms with Gasteiger partial charge < -0.3 is 14.6 Å². The van der Waals surface area contributed by atoms with Crippen LogP contribution in [0, 0.1) is 19.8 Å². The van der Waals surface area contributed by atoms with Crippen molar-refractivity contribution >= 4 is 28.8 Å². The molecule has 3 unspecified atom stereocenters. The summed E-state index contributed by atoms with van der Waals surface area (Å²) in [5, 5.41) is 5.09. The number of piperidine rings is 1. The van der Waals surface area contributed by atoms with Crippen molar-refractivity contribution in [3.63, 3.8) is 0 Å². The predicted octanol–water partition coefficient (Wildman–Crippen LogP) is 5.32. The lowest BCUT2D eigenvalue weighted by Gasteiger charge is -2.40. The van der Waals surface area contributed by atoms with E-state index in [9.17, 15) is 9.59 Å². The monoisotopic (exact) mass is 422 g/mol. The van der Waals surface area contributed by atoms with Crippen LogP contribution in [0.1, 0.15) is 53.8 Å². The molecule has 0 saturated carbocycles. The highest BCUT2D eigenvalue weighted by Crippen LogP contribution is 2.42. The van der Waals surface area contributed by atoms with E-state index in [4.69, 9.17) is 4.42 Å². The van der Waals surface area contributed by atoms with Gasteiger partial charge in [0, 0.05) is 17.0 Å². The van der Waals surface area contributed by atoms with Crippen LogP contribution in [0.4, 0.5) is 5.69 Å². The summed E-state index contributed by atoms with van der Waals surface area (Å²) in [6.07, 6.45) is 0.877. The molecule has 5 nitrogen and oxygen atoms in total. The van der Waals surface area contributed by atoms with Gasteiger partial charge in [-0.3, -0.25) is 9.59 Å². The van der Waals surface area contributed by atoms with E-state index < -0.39 is 0 Å². The average molecular weight is 423 g/mol. The topological polar surface area (TPSA) is 62.6 Å². The highest BCUT2D eigenvalue weighted by atomic mass is 32.1. The van der Waals surface area contributed by atoms with Gasteiger partial charge >= 0.3 is 0 Å². The molecule has 4 rings (SSSR count). The molecule has 1 fully saturated rings. The molecule has 30 heavy (non-hydrogen) atoms. The Hall–Kier alpha value is -2.86. The van der Waals surface area contributed by atoms with Crippen LogP contribution in [0.3, 0.4) is 0 Å². The second-order valence-electron chi connectivity index (χ2n) is 7.88. The van der Waals surface area contributed by atoms with E-state index in [-0.39, 0.29) is 29.8 Å². The first-order valence-electron chi connectivity index (χ1n) is 10.2. The number of hydrogen-bond acceptors (Lipinski definition) is 4. The smallest absolute Gasteiger partial charge is 0.227 e. The first kappa shape index (κ1) is 20.4. The van der Waals surface area contributed by atoms with Crippen molar-refractivity contribution in [2.24, 2.45) is 5.92 Å². The van der Waals surface area contributed by atoms with Gasteiger partial charge in [-0.1, -0.05) is 23.8 Å². The van der Waals surface area contributed by atoms with Crippen molar-refractivity contribution in [3.8, 4) is 0 Å². The summed E-state index contributed by atoms with van der Waals surface area (Å²) in [6.45, 7) is 5.83. The fourth-order valence-electron chi connectivity index (χ4n) is 4.04. The van der Waals surface area contributed by atoms with E-state index >= 15 is 0 Å². The molecule has 6 heteroatoms. The van der Waals surface area contributed by atoms with Crippen LogP contribution in [0.25, 0.3) is 0 Å². The first-order valence-corrected chi connectivity index (χ1v) is 11.1. The number of aryl methyl sites for hydroxylation is 2. The Morgan fingerprint density at radius 2 is 1.93 bits per heavy atom. The molecule has 3 atom stereocenters. The summed E-state index contributed by atoms with van der Waals surface area (Å²) in [4.78, 5) is 29.2. The molecule has 1 N–H and O–H groups in total. The van der Waals surface area contributed by atoms with Gasteiger partial charge in [-0.05, 0) is 62.9 Å². The van der Waals surface area contributed by atoms with E-state index in [2.05, 4.69) is 5.32 Å². The summed E-state index contributed by atoms with van der Waals surface area (Å²) >= 11 is 1.58. The number of carbonyl (C=O) groups excluding carboxylic acids is 2. The minimum atomic E-state index is -0.332. The predicted molar refractivity (Wildman–Crippen MR) is 118 cm³/mol. The molecule has 0 aliphatic carbocycles. The average Bonchev–Trinajstić information content (AvgIpc) is 3.40. The standard InChI is InChI=1S/C24H26N2O3S/c1-15-6-9-18(10-7-15)26-22(27)13-11-19(23(26)21-5-4-14-30-21)24(28)25-17(3)20-12-8-16(2)29-20/h4-10,12,14,17,19,23H,11,13H2,1-3H3,(H,25,28). The third-order valence-corrected chi connectivity index (χ3v) is 6.57. The summed E-state index contributed by atoms with van der Waals surface area (Å²) in [5.74, 6) is 1.21. The molecular formula is C24H26N2O3S. The van der Waals surface area contributed by atoms with Gasteiger partial charge in [0.05, 0.1) is 18.0 Å². The van der Waals surface area contributed by atoms with Gasteiger partial charge in [0.2, 0.25) is 11.8 Å². The van der Waals surface area contributed by atoms with Crippen molar-refractivity contribution in [1.29, 1.82) is 0 Å². The van der Waals surface area contributed by atoms with Crippen molar-refractivity contribution in [2.75, 3.05) is 4.90 Å². The maximum absolute atomic E-state index is 13.3. The molecule has 0 bridgehead atoms. The third kappa shape index (κ3) is 4.05. The quantitative estimate of drug-likeness (QED) is 0.605. The second kappa shape index (κ2) is 8.48.